The highest BCUT2D eigenvalue weighted by Crippen LogP contribution is 2.25. The highest BCUT2D eigenvalue weighted by molar-refractivity contribution is 6.01. The molecule has 0 saturated carbocycles. The van der Waals surface area contributed by atoms with Crippen molar-refractivity contribution >= 4 is 5.91 Å². The quantitative estimate of drug-likeness (QED) is 0.871. The Morgan fingerprint density at radius 2 is 2.00 bits per heavy atom. The van der Waals surface area contributed by atoms with E-state index in [2.05, 4.69) is 16.4 Å². The standard InChI is InChI=1S/C16H16N2O2/c1-5-16(3,4)17-15(19)13-11(2)20-18-14(13)12-9-7-6-8-10-12/h1,6-10H,2-4H3,(H,17,19). The van der Waals surface area contributed by atoms with Gasteiger partial charge < -0.3 is 9.84 Å². The number of hydrogen-bond acceptors (Lipinski definition) is 3. The van der Waals surface area contributed by atoms with Crippen molar-refractivity contribution in [3.63, 3.8) is 0 Å². The van der Waals surface area contributed by atoms with Gasteiger partial charge in [0.15, 0.2) is 0 Å². The Kier molecular flexibility index (Phi) is 3.62. The maximum absolute atomic E-state index is 12.4. The maximum atomic E-state index is 12.4. The molecule has 20 heavy (non-hydrogen) atoms. The zero-order chi connectivity index (χ0) is 14.8. The molecule has 0 aliphatic carbocycles. The van der Waals surface area contributed by atoms with Crippen LogP contribution in [0.2, 0.25) is 0 Å². The van der Waals surface area contributed by atoms with E-state index in [4.69, 9.17) is 10.9 Å². The van der Waals surface area contributed by atoms with Gasteiger partial charge in [-0.3, -0.25) is 4.79 Å². The molecule has 1 aromatic heterocycles. The first-order valence-corrected chi connectivity index (χ1v) is 6.26. The van der Waals surface area contributed by atoms with E-state index in [1.807, 2.05) is 30.3 Å². The molecule has 0 aliphatic heterocycles. The smallest absolute Gasteiger partial charge is 0.258 e. The summed E-state index contributed by atoms with van der Waals surface area (Å²) >= 11 is 0. The molecular weight excluding hydrogens is 252 g/mol. The number of aromatic nitrogens is 1. The Labute approximate surface area is 118 Å². The molecule has 0 unspecified atom stereocenters. The number of nitrogens with zero attached hydrogens (tertiary/aromatic N) is 1. The van der Waals surface area contributed by atoms with Crippen LogP contribution >= 0.6 is 0 Å². The Bertz CT molecular complexity index is 664. The minimum atomic E-state index is -0.727. The summed E-state index contributed by atoms with van der Waals surface area (Å²) in [5, 5.41) is 6.76. The zero-order valence-corrected chi connectivity index (χ0v) is 11.7. The summed E-state index contributed by atoms with van der Waals surface area (Å²) in [7, 11) is 0. The molecule has 1 aromatic carbocycles. The number of carbonyl (C=O) groups excluding carboxylic acids is 1. The van der Waals surface area contributed by atoms with E-state index >= 15 is 0 Å². The van der Waals surface area contributed by atoms with Crippen molar-refractivity contribution in [3.05, 3.63) is 41.7 Å². The first kappa shape index (κ1) is 13.9. The number of benzene rings is 1. The molecule has 0 atom stereocenters. The molecular formula is C16H16N2O2. The highest BCUT2D eigenvalue weighted by Gasteiger charge is 2.25. The number of amides is 1. The van der Waals surface area contributed by atoms with Crippen LogP contribution in [0.1, 0.15) is 30.0 Å². The van der Waals surface area contributed by atoms with Crippen LogP contribution in [0.5, 0.6) is 0 Å². The molecule has 1 heterocycles. The Morgan fingerprint density at radius 1 is 1.35 bits per heavy atom. The van der Waals surface area contributed by atoms with Crippen LogP contribution < -0.4 is 5.32 Å². The first-order valence-electron chi connectivity index (χ1n) is 6.26. The normalized spacial score (nSPS) is 10.9. The topological polar surface area (TPSA) is 55.1 Å². The summed E-state index contributed by atoms with van der Waals surface area (Å²) in [5.74, 6) is 2.71. The summed E-state index contributed by atoms with van der Waals surface area (Å²) < 4.78 is 5.16. The van der Waals surface area contributed by atoms with Crippen molar-refractivity contribution in [2.75, 3.05) is 0 Å². The van der Waals surface area contributed by atoms with Gasteiger partial charge in [0.05, 0.1) is 5.54 Å². The van der Waals surface area contributed by atoms with Gasteiger partial charge in [-0.2, -0.15) is 0 Å². The number of carbonyl (C=O) groups is 1. The van der Waals surface area contributed by atoms with Crippen molar-refractivity contribution in [1.29, 1.82) is 0 Å². The van der Waals surface area contributed by atoms with Crippen LogP contribution in [0.15, 0.2) is 34.9 Å². The summed E-state index contributed by atoms with van der Waals surface area (Å²) in [6, 6.07) is 9.41. The average molecular weight is 268 g/mol. The Balaban J connectivity index is 2.41. The van der Waals surface area contributed by atoms with Crippen LogP contribution in [0.25, 0.3) is 11.3 Å². The molecule has 4 heteroatoms. The predicted molar refractivity (Wildman–Crippen MR) is 77.1 cm³/mol. The van der Waals surface area contributed by atoms with Gasteiger partial charge in [-0.15, -0.1) is 6.42 Å². The van der Waals surface area contributed by atoms with Crippen LogP contribution in [0.4, 0.5) is 0 Å². The molecule has 102 valence electrons. The molecule has 2 rings (SSSR count). The maximum Gasteiger partial charge on any atom is 0.258 e. The Morgan fingerprint density at radius 3 is 2.60 bits per heavy atom. The van der Waals surface area contributed by atoms with Crippen LogP contribution in [0, 0.1) is 19.3 Å². The van der Waals surface area contributed by atoms with Crippen molar-refractivity contribution in [2.45, 2.75) is 26.3 Å². The molecule has 0 spiro atoms. The molecule has 0 fully saturated rings. The minimum Gasteiger partial charge on any atom is -0.360 e. The van der Waals surface area contributed by atoms with E-state index in [0.717, 1.165) is 5.56 Å². The summed E-state index contributed by atoms with van der Waals surface area (Å²) in [6.07, 6.45) is 5.39. The first-order chi connectivity index (χ1) is 9.44. The number of rotatable bonds is 3. The lowest BCUT2D eigenvalue weighted by atomic mass is 10.0. The molecule has 0 aliphatic rings. The van der Waals surface area contributed by atoms with Crippen molar-refractivity contribution in [2.24, 2.45) is 0 Å². The van der Waals surface area contributed by atoms with E-state index in [9.17, 15) is 4.79 Å². The summed E-state index contributed by atoms with van der Waals surface area (Å²) in [6.45, 7) is 5.23. The van der Waals surface area contributed by atoms with Gasteiger partial charge in [-0.05, 0) is 20.8 Å². The van der Waals surface area contributed by atoms with Gasteiger partial charge in [0.2, 0.25) is 0 Å². The summed E-state index contributed by atoms with van der Waals surface area (Å²) in [5.41, 5.74) is 1.04. The SMILES string of the molecule is C#CC(C)(C)NC(=O)c1c(-c2ccccc2)noc1C. The number of nitrogens with one attached hydrogen (secondary N) is 1. The van der Waals surface area contributed by atoms with Crippen molar-refractivity contribution in [1.82, 2.24) is 10.5 Å². The second-order valence-electron chi connectivity index (χ2n) is 5.05. The molecule has 0 radical (unpaired) electrons. The van der Waals surface area contributed by atoms with Gasteiger partial charge in [0, 0.05) is 5.56 Å². The fourth-order valence-corrected chi connectivity index (χ4v) is 1.82. The van der Waals surface area contributed by atoms with Gasteiger partial charge in [-0.25, -0.2) is 0 Å². The van der Waals surface area contributed by atoms with E-state index in [1.54, 1.807) is 20.8 Å². The van der Waals surface area contributed by atoms with Crippen LogP contribution in [0.3, 0.4) is 0 Å². The second kappa shape index (κ2) is 5.22. The summed E-state index contributed by atoms with van der Waals surface area (Å²) in [4.78, 5) is 12.4. The third kappa shape index (κ3) is 2.72. The minimum absolute atomic E-state index is 0.287. The van der Waals surface area contributed by atoms with E-state index in [1.165, 1.54) is 0 Å². The average Bonchev–Trinajstić information content (AvgIpc) is 2.81. The lowest BCUT2D eigenvalue weighted by molar-refractivity contribution is 0.0929. The van der Waals surface area contributed by atoms with Gasteiger partial charge in [-0.1, -0.05) is 41.4 Å². The van der Waals surface area contributed by atoms with Crippen LogP contribution in [-0.2, 0) is 0 Å². The van der Waals surface area contributed by atoms with Crippen molar-refractivity contribution in [3.8, 4) is 23.6 Å². The lowest BCUT2D eigenvalue weighted by Crippen LogP contribution is -2.42. The third-order valence-corrected chi connectivity index (χ3v) is 2.92. The number of terminal acetylenes is 1. The lowest BCUT2D eigenvalue weighted by Gasteiger charge is -2.19. The zero-order valence-electron chi connectivity index (χ0n) is 11.7. The fourth-order valence-electron chi connectivity index (χ4n) is 1.82. The van der Waals surface area contributed by atoms with E-state index in [-0.39, 0.29) is 5.91 Å². The predicted octanol–water partition coefficient (Wildman–Crippen LogP) is 2.79. The number of aryl methyl sites for hydroxylation is 1. The van der Waals surface area contributed by atoms with Gasteiger partial charge >= 0.3 is 0 Å². The molecule has 0 bridgehead atoms. The molecule has 0 saturated heterocycles. The largest absolute Gasteiger partial charge is 0.360 e. The Hall–Kier alpha value is -2.54. The van der Waals surface area contributed by atoms with E-state index < -0.39 is 5.54 Å². The second-order valence-corrected chi connectivity index (χ2v) is 5.05. The van der Waals surface area contributed by atoms with Gasteiger partial charge in [0.25, 0.3) is 5.91 Å². The molecule has 1 N–H and O–H groups in total. The third-order valence-electron chi connectivity index (χ3n) is 2.92. The molecule has 4 nitrogen and oxygen atoms in total. The van der Waals surface area contributed by atoms with Gasteiger partial charge in [0.1, 0.15) is 17.0 Å². The fraction of sp³-hybridized carbons (Fsp3) is 0.250. The highest BCUT2D eigenvalue weighted by atomic mass is 16.5. The van der Waals surface area contributed by atoms with E-state index in [0.29, 0.717) is 17.0 Å². The molecule has 1 amide bonds. The monoisotopic (exact) mass is 268 g/mol. The van der Waals surface area contributed by atoms with Crippen molar-refractivity contribution < 1.29 is 9.32 Å². The number of hydrogen-bond donors (Lipinski definition) is 1. The molecule has 2 aromatic rings. The van der Waals surface area contributed by atoms with Crippen LogP contribution in [-0.4, -0.2) is 16.6 Å².